The second-order valence-corrected chi connectivity index (χ2v) is 6.38. The summed E-state index contributed by atoms with van der Waals surface area (Å²) < 4.78 is 0. The maximum atomic E-state index is 12.8. The molecule has 1 N–H and O–H groups in total. The predicted molar refractivity (Wildman–Crippen MR) is 103 cm³/mol. The van der Waals surface area contributed by atoms with Crippen molar-refractivity contribution in [2.45, 2.75) is 20.8 Å². The Balaban J connectivity index is 1.73. The zero-order valence-corrected chi connectivity index (χ0v) is 14.9. The lowest BCUT2D eigenvalue weighted by atomic mass is 10.1. The number of rotatable bonds is 2. The molecule has 5 heteroatoms. The minimum atomic E-state index is -0.178. The standard InChI is InChI=1S/C21H18N4O/c1-12-10-19(16-6-4-5-7-17(16)22-12)25-21(26)15-8-9-18-20(11-15)24-14(3)13(2)23-18/h4-11H,1-3H3,(H,22,25,26). The molecule has 128 valence electrons. The molecule has 4 aromatic rings. The third-order valence-electron chi connectivity index (χ3n) is 4.43. The maximum absolute atomic E-state index is 12.8. The molecule has 0 spiro atoms. The Morgan fingerprint density at radius 1 is 0.808 bits per heavy atom. The number of hydrogen-bond donors (Lipinski definition) is 1. The van der Waals surface area contributed by atoms with Crippen LogP contribution in [-0.4, -0.2) is 20.9 Å². The number of aromatic nitrogens is 3. The predicted octanol–water partition coefficient (Wildman–Crippen LogP) is 4.36. The van der Waals surface area contributed by atoms with Crippen molar-refractivity contribution in [1.29, 1.82) is 0 Å². The molecule has 26 heavy (non-hydrogen) atoms. The normalized spacial score (nSPS) is 11.0. The van der Waals surface area contributed by atoms with Gasteiger partial charge in [-0.05, 0) is 51.1 Å². The topological polar surface area (TPSA) is 67.8 Å². The first kappa shape index (κ1) is 16.1. The smallest absolute Gasteiger partial charge is 0.255 e. The van der Waals surface area contributed by atoms with Gasteiger partial charge < -0.3 is 5.32 Å². The van der Waals surface area contributed by atoms with Crippen molar-refractivity contribution in [2.75, 3.05) is 5.32 Å². The lowest BCUT2D eigenvalue weighted by molar-refractivity contribution is 0.102. The van der Waals surface area contributed by atoms with Crippen LogP contribution in [0, 0.1) is 20.8 Å². The van der Waals surface area contributed by atoms with Crippen molar-refractivity contribution in [3.63, 3.8) is 0 Å². The van der Waals surface area contributed by atoms with Crippen LogP contribution < -0.4 is 5.32 Å². The summed E-state index contributed by atoms with van der Waals surface area (Å²) in [4.78, 5) is 26.3. The molecule has 2 heterocycles. The van der Waals surface area contributed by atoms with Gasteiger partial charge in [0.1, 0.15) is 0 Å². The summed E-state index contributed by atoms with van der Waals surface area (Å²) in [6.07, 6.45) is 0. The highest BCUT2D eigenvalue weighted by atomic mass is 16.1. The summed E-state index contributed by atoms with van der Waals surface area (Å²) in [6, 6.07) is 15.0. The largest absolute Gasteiger partial charge is 0.321 e. The number of para-hydroxylation sites is 1. The van der Waals surface area contributed by atoms with Crippen molar-refractivity contribution in [3.05, 3.63) is 71.2 Å². The Bertz CT molecular complexity index is 1170. The van der Waals surface area contributed by atoms with Gasteiger partial charge in [0.15, 0.2) is 0 Å². The average molecular weight is 342 g/mol. The van der Waals surface area contributed by atoms with Crippen LogP contribution >= 0.6 is 0 Å². The SMILES string of the molecule is Cc1cc(NC(=O)c2ccc3nc(C)c(C)nc3c2)c2ccccc2n1. The Morgan fingerprint density at radius 2 is 1.54 bits per heavy atom. The molecule has 2 aromatic carbocycles. The number of hydrogen-bond acceptors (Lipinski definition) is 4. The van der Waals surface area contributed by atoms with E-state index >= 15 is 0 Å². The number of amides is 1. The Morgan fingerprint density at radius 3 is 2.35 bits per heavy atom. The van der Waals surface area contributed by atoms with E-state index in [1.54, 1.807) is 12.1 Å². The van der Waals surface area contributed by atoms with E-state index in [0.29, 0.717) is 5.56 Å². The second kappa shape index (κ2) is 6.19. The molecule has 4 rings (SSSR count). The van der Waals surface area contributed by atoms with Crippen LogP contribution in [0.4, 0.5) is 5.69 Å². The lowest BCUT2D eigenvalue weighted by Gasteiger charge is -2.10. The number of fused-ring (bicyclic) bond motifs is 2. The number of aryl methyl sites for hydroxylation is 3. The van der Waals surface area contributed by atoms with Gasteiger partial charge in [0.05, 0.1) is 33.6 Å². The summed E-state index contributed by atoms with van der Waals surface area (Å²) in [5, 5.41) is 3.92. The van der Waals surface area contributed by atoms with Crippen molar-refractivity contribution >= 4 is 33.5 Å². The summed E-state index contributed by atoms with van der Waals surface area (Å²) in [5.74, 6) is -0.178. The minimum absolute atomic E-state index is 0.178. The van der Waals surface area contributed by atoms with Gasteiger partial charge in [0.2, 0.25) is 0 Å². The summed E-state index contributed by atoms with van der Waals surface area (Å²) in [5.41, 5.74) is 6.29. The van der Waals surface area contributed by atoms with Crippen molar-refractivity contribution in [3.8, 4) is 0 Å². The number of carbonyl (C=O) groups excluding carboxylic acids is 1. The molecule has 0 aliphatic carbocycles. The van der Waals surface area contributed by atoms with Crippen molar-refractivity contribution in [1.82, 2.24) is 15.0 Å². The van der Waals surface area contributed by atoms with Crippen LogP contribution in [0.3, 0.4) is 0 Å². The van der Waals surface area contributed by atoms with Gasteiger partial charge in [-0.2, -0.15) is 0 Å². The molecule has 2 aromatic heterocycles. The highest BCUT2D eigenvalue weighted by molar-refractivity contribution is 6.09. The second-order valence-electron chi connectivity index (χ2n) is 6.38. The molecule has 0 aliphatic heterocycles. The Kier molecular flexibility index (Phi) is 3.84. The first-order chi connectivity index (χ1) is 12.5. The number of pyridine rings is 1. The van der Waals surface area contributed by atoms with Gasteiger partial charge in [-0.3, -0.25) is 9.78 Å². The van der Waals surface area contributed by atoms with Crippen LogP contribution in [0.2, 0.25) is 0 Å². The molecule has 1 amide bonds. The van der Waals surface area contributed by atoms with E-state index in [9.17, 15) is 4.79 Å². The quantitative estimate of drug-likeness (QED) is 0.588. The first-order valence-corrected chi connectivity index (χ1v) is 8.44. The molecule has 5 nitrogen and oxygen atoms in total. The van der Waals surface area contributed by atoms with Crippen LogP contribution in [0.5, 0.6) is 0 Å². The number of anilines is 1. The summed E-state index contributed by atoms with van der Waals surface area (Å²) in [6.45, 7) is 5.76. The molecule has 0 atom stereocenters. The number of carbonyl (C=O) groups is 1. The van der Waals surface area contributed by atoms with Gasteiger partial charge in [0.25, 0.3) is 5.91 Å². The molecular weight excluding hydrogens is 324 g/mol. The molecule has 0 saturated carbocycles. The van der Waals surface area contributed by atoms with Gasteiger partial charge in [-0.1, -0.05) is 18.2 Å². The zero-order valence-electron chi connectivity index (χ0n) is 14.9. The van der Waals surface area contributed by atoms with Gasteiger partial charge >= 0.3 is 0 Å². The van der Waals surface area contributed by atoms with Crippen LogP contribution in [0.15, 0.2) is 48.5 Å². The Hall–Kier alpha value is -3.34. The van der Waals surface area contributed by atoms with E-state index in [1.807, 2.05) is 57.2 Å². The van der Waals surface area contributed by atoms with Crippen LogP contribution in [-0.2, 0) is 0 Å². The number of benzene rings is 2. The van der Waals surface area contributed by atoms with E-state index in [1.165, 1.54) is 0 Å². The first-order valence-electron chi connectivity index (χ1n) is 8.44. The van der Waals surface area contributed by atoms with Gasteiger partial charge in [-0.25, -0.2) is 9.97 Å². The number of nitrogens with zero attached hydrogens (tertiary/aromatic N) is 3. The highest BCUT2D eigenvalue weighted by Crippen LogP contribution is 2.24. The fourth-order valence-electron chi connectivity index (χ4n) is 2.98. The van der Waals surface area contributed by atoms with E-state index in [-0.39, 0.29) is 5.91 Å². The monoisotopic (exact) mass is 342 g/mol. The van der Waals surface area contributed by atoms with E-state index in [2.05, 4.69) is 20.3 Å². The molecular formula is C21H18N4O. The molecule has 0 aliphatic rings. The fraction of sp³-hybridized carbons (Fsp3) is 0.143. The van der Waals surface area contributed by atoms with E-state index in [0.717, 1.165) is 44.7 Å². The van der Waals surface area contributed by atoms with Gasteiger partial charge in [0, 0.05) is 16.6 Å². The van der Waals surface area contributed by atoms with Crippen LogP contribution in [0.1, 0.15) is 27.4 Å². The van der Waals surface area contributed by atoms with E-state index in [4.69, 9.17) is 0 Å². The third-order valence-corrected chi connectivity index (χ3v) is 4.43. The summed E-state index contributed by atoms with van der Waals surface area (Å²) >= 11 is 0. The van der Waals surface area contributed by atoms with Crippen molar-refractivity contribution in [2.24, 2.45) is 0 Å². The molecule has 0 saturated heterocycles. The molecule has 0 radical (unpaired) electrons. The zero-order chi connectivity index (χ0) is 18.3. The minimum Gasteiger partial charge on any atom is -0.321 e. The average Bonchev–Trinajstić information content (AvgIpc) is 2.62. The highest BCUT2D eigenvalue weighted by Gasteiger charge is 2.11. The maximum Gasteiger partial charge on any atom is 0.255 e. The van der Waals surface area contributed by atoms with Gasteiger partial charge in [-0.15, -0.1) is 0 Å². The van der Waals surface area contributed by atoms with Crippen molar-refractivity contribution < 1.29 is 4.79 Å². The van der Waals surface area contributed by atoms with E-state index < -0.39 is 0 Å². The fourth-order valence-corrected chi connectivity index (χ4v) is 2.98. The number of nitrogens with one attached hydrogen (secondary N) is 1. The lowest BCUT2D eigenvalue weighted by Crippen LogP contribution is -2.13. The van der Waals surface area contributed by atoms with Crippen LogP contribution in [0.25, 0.3) is 21.9 Å². The Labute approximate surface area is 151 Å². The third kappa shape index (κ3) is 2.88. The summed E-state index contributed by atoms with van der Waals surface area (Å²) in [7, 11) is 0. The molecule has 0 fully saturated rings. The molecule has 0 unspecified atom stereocenters. The molecule has 0 bridgehead atoms.